The molecular weight excluding hydrogens is 224 g/mol. The normalized spacial score (nSPS) is 22.0. The zero-order valence-corrected chi connectivity index (χ0v) is 12.1. The molecule has 2 heterocycles. The van der Waals surface area contributed by atoms with E-state index >= 15 is 0 Å². The van der Waals surface area contributed by atoms with Gasteiger partial charge in [0.1, 0.15) is 0 Å². The molecule has 4 heteroatoms. The second-order valence-corrected chi connectivity index (χ2v) is 6.07. The molecule has 4 nitrogen and oxygen atoms in total. The van der Waals surface area contributed by atoms with E-state index < -0.39 is 0 Å². The van der Waals surface area contributed by atoms with Crippen molar-refractivity contribution < 1.29 is 0 Å². The van der Waals surface area contributed by atoms with Crippen molar-refractivity contribution in [3.05, 3.63) is 18.0 Å². The lowest BCUT2D eigenvalue weighted by molar-refractivity contribution is 0.146. The SMILES string of the molecule is CCC(C)n1ccc(CN2CCNC(C)(C)C2)n1. The Morgan fingerprint density at radius 1 is 1.50 bits per heavy atom. The molecule has 0 amide bonds. The molecule has 0 aromatic carbocycles. The van der Waals surface area contributed by atoms with Crippen molar-refractivity contribution in [1.82, 2.24) is 20.0 Å². The van der Waals surface area contributed by atoms with E-state index in [2.05, 4.69) is 60.0 Å². The summed E-state index contributed by atoms with van der Waals surface area (Å²) in [5, 5.41) is 8.22. The van der Waals surface area contributed by atoms with Gasteiger partial charge in [0.05, 0.1) is 5.69 Å². The minimum Gasteiger partial charge on any atom is -0.309 e. The number of hydrogen-bond donors (Lipinski definition) is 1. The van der Waals surface area contributed by atoms with E-state index in [1.54, 1.807) is 0 Å². The quantitative estimate of drug-likeness (QED) is 0.887. The Morgan fingerprint density at radius 2 is 2.28 bits per heavy atom. The van der Waals surface area contributed by atoms with Gasteiger partial charge in [0.15, 0.2) is 0 Å². The van der Waals surface area contributed by atoms with Crippen molar-refractivity contribution in [1.29, 1.82) is 0 Å². The summed E-state index contributed by atoms with van der Waals surface area (Å²) in [6, 6.07) is 2.65. The van der Waals surface area contributed by atoms with Crippen molar-refractivity contribution in [2.45, 2.75) is 52.2 Å². The van der Waals surface area contributed by atoms with Crippen LogP contribution in [-0.4, -0.2) is 39.9 Å². The van der Waals surface area contributed by atoms with Gasteiger partial charge in [0.25, 0.3) is 0 Å². The average molecular weight is 250 g/mol. The van der Waals surface area contributed by atoms with Crippen LogP contribution in [0.3, 0.4) is 0 Å². The predicted octanol–water partition coefficient (Wildman–Crippen LogP) is 2.04. The molecule has 1 aromatic heterocycles. The Morgan fingerprint density at radius 3 is 2.94 bits per heavy atom. The zero-order chi connectivity index (χ0) is 13.2. The molecule has 1 aromatic rings. The van der Waals surface area contributed by atoms with Crippen LogP contribution in [0.1, 0.15) is 45.9 Å². The summed E-state index contributed by atoms with van der Waals surface area (Å²) in [4.78, 5) is 2.49. The van der Waals surface area contributed by atoms with E-state index in [0.29, 0.717) is 6.04 Å². The van der Waals surface area contributed by atoms with Gasteiger partial charge in [-0.05, 0) is 33.3 Å². The minimum atomic E-state index is 0.220. The Bertz CT molecular complexity index is 383. The number of hydrogen-bond acceptors (Lipinski definition) is 3. The largest absolute Gasteiger partial charge is 0.309 e. The lowest BCUT2D eigenvalue weighted by Gasteiger charge is -2.38. The summed E-state index contributed by atoms with van der Waals surface area (Å²) in [6.07, 6.45) is 3.23. The molecule has 1 N–H and O–H groups in total. The van der Waals surface area contributed by atoms with Crippen molar-refractivity contribution in [2.75, 3.05) is 19.6 Å². The number of rotatable bonds is 4. The monoisotopic (exact) mass is 250 g/mol. The molecule has 18 heavy (non-hydrogen) atoms. The average Bonchev–Trinajstić information content (AvgIpc) is 2.75. The fraction of sp³-hybridized carbons (Fsp3) is 0.786. The maximum atomic E-state index is 4.68. The van der Waals surface area contributed by atoms with E-state index in [0.717, 1.165) is 32.6 Å². The highest BCUT2D eigenvalue weighted by atomic mass is 15.3. The topological polar surface area (TPSA) is 33.1 Å². The smallest absolute Gasteiger partial charge is 0.0764 e. The first-order valence-corrected chi connectivity index (χ1v) is 7.01. The van der Waals surface area contributed by atoms with Gasteiger partial charge >= 0.3 is 0 Å². The van der Waals surface area contributed by atoms with Crippen molar-refractivity contribution >= 4 is 0 Å². The lowest BCUT2D eigenvalue weighted by Crippen LogP contribution is -2.56. The molecule has 0 spiro atoms. The number of aromatic nitrogens is 2. The Kier molecular flexibility index (Phi) is 4.07. The van der Waals surface area contributed by atoms with Crippen LogP contribution in [0.25, 0.3) is 0 Å². The van der Waals surface area contributed by atoms with Crippen LogP contribution < -0.4 is 5.32 Å². The highest BCUT2D eigenvalue weighted by Gasteiger charge is 2.25. The van der Waals surface area contributed by atoms with Crippen molar-refractivity contribution in [3.8, 4) is 0 Å². The molecule has 0 aliphatic carbocycles. The summed E-state index contributed by atoms with van der Waals surface area (Å²) >= 11 is 0. The Labute approximate surface area is 110 Å². The Balaban J connectivity index is 1.95. The third-order valence-corrected chi connectivity index (χ3v) is 3.74. The molecule has 0 saturated carbocycles. The third-order valence-electron chi connectivity index (χ3n) is 3.74. The molecule has 1 aliphatic heterocycles. The fourth-order valence-corrected chi connectivity index (χ4v) is 2.50. The Hall–Kier alpha value is -0.870. The first-order chi connectivity index (χ1) is 8.50. The van der Waals surface area contributed by atoms with Crippen LogP contribution in [-0.2, 0) is 6.54 Å². The summed E-state index contributed by atoms with van der Waals surface area (Å²) in [7, 11) is 0. The predicted molar refractivity (Wildman–Crippen MR) is 74.6 cm³/mol. The number of nitrogens with zero attached hydrogens (tertiary/aromatic N) is 3. The number of nitrogens with one attached hydrogen (secondary N) is 1. The molecule has 1 unspecified atom stereocenters. The summed E-state index contributed by atoms with van der Waals surface area (Å²) < 4.78 is 2.09. The van der Waals surface area contributed by atoms with Crippen molar-refractivity contribution in [3.63, 3.8) is 0 Å². The molecule has 1 atom stereocenters. The standard InChI is InChI=1S/C14H26N4/c1-5-12(2)18-8-6-13(16-18)10-17-9-7-15-14(3,4)11-17/h6,8,12,15H,5,7,9-11H2,1-4H3. The molecule has 1 fully saturated rings. The van der Waals surface area contributed by atoms with Crippen LogP contribution in [0.15, 0.2) is 12.3 Å². The first-order valence-electron chi connectivity index (χ1n) is 7.01. The van der Waals surface area contributed by atoms with Crippen LogP contribution >= 0.6 is 0 Å². The van der Waals surface area contributed by atoms with E-state index in [-0.39, 0.29) is 5.54 Å². The zero-order valence-electron chi connectivity index (χ0n) is 12.1. The maximum absolute atomic E-state index is 4.68. The van der Waals surface area contributed by atoms with Crippen LogP contribution in [0, 0.1) is 0 Å². The maximum Gasteiger partial charge on any atom is 0.0764 e. The highest BCUT2D eigenvalue weighted by Crippen LogP contribution is 2.14. The first kappa shape index (κ1) is 13.6. The molecule has 1 aliphatic rings. The van der Waals surface area contributed by atoms with Gasteiger partial charge in [0, 0.05) is 44.0 Å². The van der Waals surface area contributed by atoms with Crippen LogP contribution in [0.5, 0.6) is 0 Å². The van der Waals surface area contributed by atoms with Gasteiger partial charge in [-0.3, -0.25) is 9.58 Å². The second kappa shape index (κ2) is 5.41. The van der Waals surface area contributed by atoms with Crippen LogP contribution in [0.2, 0.25) is 0 Å². The molecular formula is C14H26N4. The van der Waals surface area contributed by atoms with Gasteiger partial charge in [-0.15, -0.1) is 0 Å². The van der Waals surface area contributed by atoms with Gasteiger partial charge in [0.2, 0.25) is 0 Å². The van der Waals surface area contributed by atoms with Gasteiger partial charge < -0.3 is 5.32 Å². The molecule has 0 bridgehead atoms. The van der Waals surface area contributed by atoms with Gasteiger partial charge in [-0.2, -0.15) is 5.10 Å². The molecule has 1 saturated heterocycles. The molecule has 102 valence electrons. The van der Waals surface area contributed by atoms with E-state index in [1.807, 2.05) is 0 Å². The molecule has 2 rings (SSSR count). The van der Waals surface area contributed by atoms with Gasteiger partial charge in [-0.25, -0.2) is 0 Å². The van der Waals surface area contributed by atoms with E-state index in [1.165, 1.54) is 5.69 Å². The highest BCUT2D eigenvalue weighted by molar-refractivity contribution is 5.01. The van der Waals surface area contributed by atoms with E-state index in [4.69, 9.17) is 0 Å². The lowest BCUT2D eigenvalue weighted by atomic mass is 10.0. The van der Waals surface area contributed by atoms with Gasteiger partial charge in [-0.1, -0.05) is 6.92 Å². The third kappa shape index (κ3) is 3.33. The number of piperazine rings is 1. The molecule has 0 radical (unpaired) electrons. The van der Waals surface area contributed by atoms with Crippen molar-refractivity contribution in [2.24, 2.45) is 0 Å². The second-order valence-electron chi connectivity index (χ2n) is 6.07. The fourth-order valence-electron chi connectivity index (χ4n) is 2.50. The van der Waals surface area contributed by atoms with E-state index in [9.17, 15) is 0 Å². The minimum absolute atomic E-state index is 0.220. The van der Waals surface area contributed by atoms with Crippen LogP contribution in [0.4, 0.5) is 0 Å². The summed E-state index contributed by atoms with van der Waals surface area (Å²) in [5.41, 5.74) is 1.41. The summed E-state index contributed by atoms with van der Waals surface area (Å²) in [5.74, 6) is 0. The summed E-state index contributed by atoms with van der Waals surface area (Å²) in [6.45, 7) is 13.2.